The smallest absolute Gasteiger partial charge is 0.331 e. The molecule has 0 bridgehead atoms. The third-order valence-electron chi connectivity index (χ3n) is 7.58. The second kappa shape index (κ2) is 12.0. The minimum absolute atomic E-state index is 0.0979. The summed E-state index contributed by atoms with van der Waals surface area (Å²) in [5.41, 5.74) is 5.80. The first kappa shape index (κ1) is 29.4. The molecule has 0 saturated carbocycles. The van der Waals surface area contributed by atoms with Crippen molar-refractivity contribution in [2.75, 3.05) is 31.1 Å². The van der Waals surface area contributed by atoms with Crippen molar-refractivity contribution in [3.8, 4) is 0 Å². The molecule has 1 fully saturated rings. The summed E-state index contributed by atoms with van der Waals surface area (Å²) in [6.07, 6.45) is 0. The molecule has 0 radical (unpaired) electrons. The second-order valence-corrected chi connectivity index (χ2v) is 12.1. The molecule has 12 heteroatoms. The SMILES string of the molecule is Cc1c(N2CCN(S(=O)(=O)c3ccccc3)CC2)c(=O)n(C[C@H](N)c2ccccc2)c(=O)n1Cc1c(F)cccc1F. The Morgan fingerprint density at radius 3 is 1.98 bits per heavy atom. The number of nitrogens with zero attached hydrogens (tertiary/aromatic N) is 4. The molecule has 0 unspecified atom stereocenters. The minimum Gasteiger partial charge on any atom is -0.363 e. The van der Waals surface area contributed by atoms with Crippen LogP contribution in [0.2, 0.25) is 0 Å². The van der Waals surface area contributed by atoms with Crippen molar-refractivity contribution < 1.29 is 17.2 Å². The molecule has 1 aromatic heterocycles. The molecule has 9 nitrogen and oxygen atoms in total. The highest BCUT2D eigenvalue weighted by Crippen LogP contribution is 2.23. The van der Waals surface area contributed by atoms with Gasteiger partial charge in [-0.15, -0.1) is 0 Å². The Balaban J connectivity index is 1.54. The Hall–Kier alpha value is -4.13. The van der Waals surface area contributed by atoms with Crippen LogP contribution in [0.1, 0.15) is 22.9 Å². The Bertz CT molecular complexity index is 1780. The number of hydrogen-bond donors (Lipinski definition) is 1. The molecular formula is C30H31F2N5O4S. The van der Waals surface area contributed by atoms with Crippen molar-refractivity contribution in [1.82, 2.24) is 13.4 Å². The molecule has 3 aromatic carbocycles. The molecule has 2 heterocycles. The number of sulfonamides is 1. The van der Waals surface area contributed by atoms with Gasteiger partial charge in [-0.3, -0.25) is 13.9 Å². The van der Waals surface area contributed by atoms with E-state index in [4.69, 9.17) is 5.73 Å². The van der Waals surface area contributed by atoms with Crippen molar-refractivity contribution in [2.45, 2.75) is 31.0 Å². The number of halogens is 2. The van der Waals surface area contributed by atoms with Gasteiger partial charge in [0, 0.05) is 43.5 Å². The van der Waals surface area contributed by atoms with Crippen molar-refractivity contribution in [3.05, 3.63) is 128 Å². The van der Waals surface area contributed by atoms with Crippen LogP contribution < -0.4 is 21.9 Å². The van der Waals surface area contributed by atoms with Gasteiger partial charge in [-0.25, -0.2) is 22.0 Å². The predicted molar refractivity (Wildman–Crippen MR) is 156 cm³/mol. The summed E-state index contributed by atoms with van der Waals surface area (Å²) in [4.78, 5) is 29.5. The summed E-state index contributed by atoms with van der Waals surface area (Å²) >= 11 is 0. The Kier molecular flexibility index (Phi) is 8.39. The summed E-state index contributed by atoms with van der Waals surface area (Å²) in [5.74, 6) is -1.64. The maximum absolute atomic E-state index is 14.6. The van der Waals surface area contributed by atoms with E-state index in [1.807, 2.05) is 6.07 Å². The number of nitrogens with two attached hydrogens (primary N) is 1. The monoisotopic (exact) mass is 595 g/mol. The average molecular weight is 596 g/mol. The molecule has 1 aliphatic rings. The van der Waals surface area contributed by atoms with Crippen LogP contribution in [0.3, 0.4) is 0 Å². The molecule has 5 rings (SSSR count). The van der Waals surface area contributed by atoms with Gasteiger partial charge in [0.05, 0.1) is 18.0 Å². The summed E-state index contributed by atoms with van der Waals surface area (Å²) in [5, 5.41) is 0. The normalized spacial score (nSPS) is 15.1. The van der Waals surface area contributed by atoms with Crippen LogP contribution in [0.25, 0.3) is 0 Å². The standard InChI is InChI=1S/C30H31F2N5O4S/c1-21-28(34-15-17-35(18-16-34)42(40,41)23-11-6-3-7-12-23)29(38)37(20-27(33)22-9-4-2-5-10-22)30(39)36(21)19-24-25(31)13-8-14-26(24)32/h2-14,27H,15-20,33H2,1H3/t27-/m0/s1. The molecule has 1 atom stereocenters. The molecular weight excluding hydrogens is 564 g/mol. The fourth-order valence-electron chi connectivity index (χ4n) is 5.24. The van der Waals surface area contributed by atoms with Gasteiger partial charge in [-0.1, -0.05) is 54.6 Å². The van der Waals surface area contributed by atoms with Crippen LogP contribution >= 0.6 is 0 Å². The fourth-order valence-corrected chi connectivity index (χ4v) is 6.68. The highest BCUT2D eigenvalue weighted by molar-refractivity contribution is 7.89. The van der Waals surface area contributed by atoms with Crippen LogP contribution in [-0.2, 0) is 23.1 Å². The average Bonchev–Trinajstić information content (AvgIpc) is 3.00. The first-order chi connectivity index (χ1) is 20.1. The lowest BCUT2D eigenvalue weighted by Crippen LogP contribution is -2.52. The third-order valence-corrected chi connectivity index (χ3v) is 9.49. The maximum Gasteiger partial charge on any atom is 0.331 e. The molecule has 1 aliphatic heterocycles. The molecule has 2 N–H and O–H groups in total. The lowest BCUT2D eigenvalue weighted by Gasteiger charge is -2.36. The van der Waals surface area contributed by atoms with Gasteiger partial charge < -0.3 is 10.6 Å². The minimum atomic E-state index is -3.74. The third kappa shape index (κ3) is 5.65. The highest BCUT2D eigenvalue weighted by atomic mass is 32.2. The molecule has 0 aliphatic carbocycles. The zero-order chi connectivity index (χ0) is 30.0. The molecule has 1 saturated heterocycles. The second-order valence-electron chi connectivity index (χ2n) is 10.1. The number of hydrogen-bond acceptors (Lipinski definition) is 6. The van der Waals surface area contributed by atoms with E-state index in [-0.39, 0.29) is 54.6 Å². The lowest BCUT2D eigenvalue weighted by atomic mass is 10.1. The van der Waals surface area contributed by atoms with Gasteiger partial charge in [0.15, 0.2) is 0 Å². The van der Waals surface area contributed by atoms with E-state index in [0.717, 1.165) is 16.7 Å². The fraction of sp³-hybridized carbons (Fsp3) is 0.267. The number of benzene rings is 3. The van der Waals surface area contributed by atoms with Crippen LogP contribution in [0.15, 0.2) is 93.3 Å². The zero-order valence-corrected chi connectivity index (χ0v) is 23.8. The number of aromatic nitrogens is 2. The van der Waals surface area contributed by atoms with E-state index in [1.54, 1.807) is 54.3 Å². The Morgan fingerprint density at radius 2 is 1.38 bits per heavy atom. The molecule has 4 aromatic rings. The molecule has 0 amide bonds. The first-order valence-electron chi connectivity index (χ1n) is 13.5. The number of rotatable bonds is 8. The van der Waals surface area contributed by atoms with Gasteiger partial charge in [0.25, 0.3) is 5.56 Å². The van der Waals surface area contributed by atoms with Crippen LogP contribution in [0.4, 0.5) is 14.5 Å². The Labute approximate surface area is 242 Å². The van der Waals surface area contributed by atoms with Gasteiger partial charge in [0.2, 0.25) is 10.0 Å². The highest BCUT2D eigenvalue weighted by Gasteiger charge is 2.31. The predicted octanol–water partition coefficient (Wildman–Crippen LogP) is 2.86. The maximum atomic E-state index is 14.6. The zero-order valence-electron chi connectivity index (χ0n) is 23.0. The number of piperazine rings is 1. The van der Waals surface area contributed by atoms with Gasteiger partial charge in [-0.2, -0.15) is 4.31 Å². The van der Waals surface area contributed by atoms with Crippen molar-refractivity contribution in [3.63, 3.8) is 0 Å². The van der Waals surface area contributed by atoms with Gasteiger partial charge >= 0.3 is 5.69 Å². The van der Waals surface area contributed by atoms with Crippen molar-refractivity contribution in [1.29, 1.82) is 0 Å². The topological polar surface area (TPSA) is 111 Å². The first-order valence-corrected chi connectivity index (χ1v) is 14.9. The summed E-state index contributed by atoms with van der Waals surface area (Å²) < 4.78 is 59.1. The van der Waals surface area contributed by atoms with Gasteiger partial charge in [0.1, 0.15) is 17.3 Å². The largest absolute Gasteiger partial charge is 0.363 e. The van der Waals surface area contributed by atoms with E-state index in [9.17, 15) is 26.8 Å². The van der Waals surface area contributed by atoms with Crippen LogP contribution in [-0.4, -0.2) is 48.0 Å². The molecule has 0 spiro atoms. The molecule has 220 valence electrons. The van der Waals surface area contributed by atoms with Crippen molar-refractivity contribution in [2.24, 2.45) is 5.73 Å². The summed E-state index contributed by atoms with van der Waals surface area (Å²) in [7, 11) is -3.74. The van der Waals surface area contributed by atoms with Crippen LogP contribution in [0.5, 0.6) is 0 Å². The summed E-state index contributed by atoms with van der Waals surface area (Å²) in [6.45, 7) is 1.46. The van der Waals surface area contributed by atoms with E-state index < -0.39 is 45.5 Å². The van der Waals surface area contributed by atoms with E-state index in [0.29, 0.717) is 5.56 Å². The van der Waals surface area contributed by atoms with Gasteiger partial charge in [-0.05, 0) is 36.8 Å². The Morgan fingerprint density at radius 1 is 0.810 bits per heavy atom. The van der Waals surface area contributed by atoms with Crippen molar-refractivity contribution >= 4 is 15.7 Å². The van der Waals surface area contributed by atoms with E-state index in [2.05, 4.69) is 0 Å². The molecule has 42 heavy (non-hydrogen) atoms. The van der Waals surface area contributed by atoms with E-state index in [1.165, 1.54) is 27.1 Å². The van der Waals surface area contributed by atoms with Crippen LogP contribution in [0, 0.1) is 18.6 Å². The quantitative estimate of drug-likeness (QED) is 0.336. The summed E-state index contributed by atoms with van der Waals surface area (Å²) in [6, 6.07) is 19.8. The number of anilines is 1. The van der Waals surface area contributed by atoms with E-state index >= 15 is 0 Å². The lowest BCUT2D eigenvalue weighted by molar-refractivity contribution is 0.382.